The van der Waals surface area contributed by atoms with Gasteiger partial charge in [0.1, 0.15) is 0 Å². The maximum Gasteiger partial charge on any atom is 0.0395 e. The lowest BCUT2D eigenvalue weighted by Crippen LogP contribution is -1.77. The second kappa shape index (κ2) is 3.79. The molecule has 0 atom stereocenters. The minimum Gasteiger partial charge on any atom is -0.135 e. The largest absolute Gasteiger partial charge is 0.135 e. The zero-order chi connectivity index (χ0) is 11.1. The molecule has 0 spiro atoms. The van der Waals surface area contributed by atoms with Gasteiger partial charge in [-0.2, -0.15) is 0 Å². The van der Waals surface area contributed by atoms with Crippen molar-refractivity contribution in [1.29, 1.82) is 0 Å². The van der Waals surface area contributed by atoms with Crippen LogP contribution < -0.4 is 0 Å². The maximum absolute atomic E-state index is 2.26. The first-order chi connectivity index (χ1) is 7.81. The number of benzene rings is 2. The zero-order valence-corrected chi connectivity index (χ0v) is 10.9. The molecule has 0 aliphatic carbocycles. The minimum absolute atomic E-state index is 1.39. The molecule has 0 saturated heterocycles. The van der Waals surface area contributed by atoms with Gasteiger partial charge in [0.25, 0.3) is 0 Å². The van der Waals surface area contributed by atoms with E-state index in [-0.39, 0.29) is 0 Å². The molecular weight excluding hydrogens is 232 g/mol. The van der Waals surface area contributed by atoms with Crippen molar-refractivity contribution in [3.05, 3.63) is 42.0 Å². The fourth-order valence-corrected chi connectivity index (χ4v) is 4.01. The molecular formula is C14H12S2. The second-order valence-corrected chi connectivity index (χ2v) is 5.77. The first-order valence-corrected chi connectivity index (χ1v) is 7.30. The Morgan fingerprint density at radius 1 is 1.00 bits per heavy atom. The van der Waals surface area contributed by atoms with Crippen molar-refractivity contribution in [3.63, 3.8) is 0 Å². The predicted octanol–water partition coefficient (Wildman–Crippen LogP) is 5.08. The van der Waals surface area contributed by atoms with Crippen molar-refractivity contribution in [1.82, 2.24) is 0 Å². The van der Waals surface area contributed by atoms with E-state index in [1.54, 1.807) is 0 Å². The van der Waals surface area contributed by atoms with Crippen LogP contribution in [0.4, 0.5) is 0 Å². The quantitative estimate of drug-likeness (QED) is 0.538. The van der Waals surface area contributed by atoms with Gasteiger partial charge in [-0.05, 0) is 30.9 Å². The van der Waals surface area contributed by atoms with Crippen molar-refractivity contribution < 1.29 is 0 Å². The summed E-state index contributed by atoms with van der Waals surface area (Å²) in [6.07, 6.45) is 2.14. The molecule has 2 heteroatoms. The topological polar surface area (TPSA) is 0 Å². The van der Waals surface area contributed by atoms with Gasteiger partial charge in [0.2, 0.25) is 0 Å². The highest BCUT2D eigenvalue weighted by Gasteiger charge is 2.08. The summed E-state index contributed by atoms with van der Waals surface area (Å²) in [6, 6.07) is 13.1. The van der Waals surface area contributed by atoms with Gasteiger partial charge in [-0.3, -0.25) is 0 Å². The standard InChI is InChI=1S/C14H12S2/c1-9-12(15-2)8-7-11-10-5-3-4-6-13(10)16-14(9)11/h3-8H,1-2H3. The first-order valence-electron chi connectivity index (χ1n) is 5.26. The molecule has 0 radical (unpaired) electrons. The number of fused-ring (bicyclic) bond motifs is 3. The summed E-state index contributed by atoms with van der Waals surface area (Å²) in [4.78, 5) is 1.39. The van der Waals surface area contributed by atoms with Gasteiger partial charge in [0, 0.05) is 25.1 Å². The highest BCUT2D eigenvalue weighted by Crippen LogP contribution is 2.38. The molecule has 0 aliphatic heterocycles. The number of thioether (sulfide) groups is 1. The summed E-state index contributed by atoms with van der Waals surface area (Å²) in [5, 5.41) is 2.79. The summed E-state index contributed by atoms with van der Waals surface area (Å²) in [5.74, 6) is 0. The lowest BCUT2D eigenvalue weighted by Gasteiger charge is -2.02. The third kappa shape index (κ3) is 1.37. The van der Waals surface area contributed by atoms with E-state index in [1.807, 2.05) is 23.1 Å². The van der Waals surface area contributed by atoms with E-state index in [4.69, 9.17) is 0 Å². The van der Waals surface area contributed by atoms with Crippen LogP contribution in [0.1, 0.15) is 5.56 Å². The molecule has 16 heavy (non-hydrogen) atoms. The van der Waals surface area contributed by atoms with Crippen LogP contribution in [-0.4, -0.2) is 6.26 Å². The fraction of sp³-hybridized carbons (Fsp3) is 0.143. The number of thiophene rings is 1. The molecule has 0 amide bonds. The minimum atomic E-state index is 1.39. The Morgan fingerprint density at radius 2 is 1.81 bits per heavy atom. The number of hydrogen-bond acceptors (Lipinski definition) is 2. The number of rotatable bonds is 1. The zero-order valence-electron chi connectivity index (χ0n) is 9.28. The summed E-state index contributed by atoms with van der Waals surface area (Å²) in [5.41, 5.74) is 1.42. The molecule has 0 bridgehead atoms. The highest BCUT2D eigenvalue weighted by atomic mass is 32.2. The van der Waals surface area contributed by atoms with Crippen molar-refractivity contribution in [2.45, 2.75) is 11.8 Å². The Kier molecular flexibility index (Phi) is 2.41. The van der Waals surface area contributed by atoms with Crippen LogP contribution in [0.15, 0.2) is 41.3 Å². The van der Waals surface area contributed by atoms with Gasteiger partial charge >= 0.3 is 0 Å². The van der Waals surface area contributed by atoms with Crippen LogP contribution >= 0.6 is 23.1 Å². The van der Waals surface area contributed by atoms with Crippen LogP contribution in [0.5, 0.6) is 0 Å². The van der Waals surface area contributed by atoms with Crippen LogP contribution in [-0.2, 0) is 0 Å². The molecule has 80 valence electrons. The highest BCUT2D eigenvalue weighted by molar-refractivity contribution is 7.98. The van der Waals surface area contributed by atoms with Gasteiger partial charge in [0.05, 0.1) is 0 Å². The summed E-state index contributed by atoms with van der Waals surface area (Å²) in [6.45, 7) is 2.23. The molecule has 0 N–H and O–H groups in total. The molecule has 0 nitrogen and oxygen atoms in total. The summed E-state index contributed by atoms with van der Waals surface area (Å²) in [7, 11) is 0. The van der Waals surface area contributed by atoms with Gasteiger partial charge in [0.15, 0.2) is 0 Å². The van der Waals surface area contributed by atoms with Crippen LogP contribution in [0.25, 0.3) is 20.2 Å². The van der Waals surface area contributed by atoms with Crippen molar-refractivity contribution in [3.8, 4) is 0 Å². The molecule has 0 unspecified atom stereocenters. The Bertz CT molecular complexity index is 665. The lowest BCUT2D eigenvalue weighted by molar-refractivity contribution is 1.36. The Morgan fingerprint density at radius 3 is 2.62 bits per heavy atom. The van der Waals surface area contributed by atoms with Gasteiger partial charge in [-0.1, -0.05) is 24.3 Å². The summed E-state index contributed by atoms with van der Waals surface area (Å²) >= 11 is 3.73. The predicted molar refractivity (Wildman–Crippen MR) is 75.8 cm³/mol. The normalized spacial score (nSPS) is 11.4. The van der Waals surface area contributed by atoms with Gasteiger partial charge in [-0.25, -0.2) is 0 Å². The molecule has 3 rings (SSSR count). The third-order valence-electron chi connectivity index (χ3n) is 2.97. The van der Waals surface area contributed by atoms with E-state index in [0.29, 0.717) is 0 Å². The van der Waals surface area contributed by atoms with Gasteiger partial charge < -0.3 is 0 Å². The molecule has 2 aromatic carbocycles. The van der Waals surface area contributed by atoms with E-state index < -0.39 is 0 Å². The lowest BCUT2D eigenvalue weighted by atomic mass is 10.1. The Balaban J connectivity index is 2.49. The van der Waals surface area contributed by atoms with E-state index in [9.17, 15) is 0 Å². The fourth-order valence-electron chi connectivity index (χ4n) is 2.13. The molecule has 1 aromatic heterocycles. The van der Waals surface area contributed by atoms with Gasteiger partial charge in [-0.15, -0.1) is 23.1 Å². The second-order valence-electron chi connectivity index (χ2n) is 3.87. The van der Waals surface area contributed by atoms with Crippen LogP contribution in [0, 0.1) is 6.92 Å². The number of aryl methyl sites for hydroxylation is 1. The maximum atomic E-state index is 2.26. The van der Waals surface area contributed by atoms with Crippen molar-refractivity contribution in [2.75, 3.05) is 6.26 Å². The van der Waals surface area contributed by atoms with Crippen LogP contribution in [0.2, 0.25) is 0 Å². The molecule has 3 aromatic rings. The van der Waals surface area contributed by atoms with E-state index >= 15 is 0 Å². The van der Waals surface area contributed by atoms with E-state index in [0.717, 1.165) is 0 Å². The summed E-state index contributed by atoms with van der Waals surface area (Å²) < 4.78 is 2.83. The molecule has 0 fully saturated rings. The van der Waals surface area contributed by atoms with Crippen molar-refractivity contribution in [2.24, 2.45) is 0 Å². The Labute approximate surface area is 103 Å². The molecule has 0 saturated carbocycles. The average Bonchev–Trinajstić information content (AvgIpc) is 2.69. The van der Waals surface area contributed by atoms with Crippen molar-refractivity contribution >= 4 is 43.3 Å². The van der Waals surface area contributed by atoms with E-state index in [1.165, 1.54) is 30.6 Å². The van der Waals surface area contributed by atoms with Crippen LogP contribution in [0.3, 0.4) is 0 Å². The number of hydrogen-bond donors (Lipinski definition) is 0. The van der Waals surface area contributed by atoms with E-state index in [2.05, 4.69) is 49.6 Å². The smallest absolute Gasteiger partial charge is 0.0395 e. The Hall–Kier alpha value is -0.990. The average molecular weight is 244 g/mol. The SMILES string of the molecule is CSc1ccc2c(sc3ccccc32)c1C. The first kappa shape index (κ1) is 10.2. The third-order valence-corrected chi connectivity index (χ3v) is 5.15. The molecule has 1 heterocycles. The monoisotopic (exact) mass is 244 g/mol. The molecule has 0 aliphatic rings.